The van der Waals surface area contributed by atoms with Crippen LogP contribution in [0.3, 0.4) is 0 Å². The van der Waals surface area contributed by atoms with E-state index in [9.17, 15) is 0 Å². The zero-order valence-corrected chi connectivity index (χ0v) is 15.2. The first-order chi connectivity index (χ1) is 12.2. The molecule has 0 bridgehead atoms. The van der Waals surface area contributed by atoms with Crippen LogP contribution in [-0.2, 0) is 0 Å². The highest BCUT2D eigenvalue weighted by Gasteiger charge is 2.11. The van der Waals surface area contributed by atoms with Gasteiger partial charge in [0.15, 0.2) is 5.82 Å². The van der Waals surface area contributed by atoms with Crippen LogP contribution in [0.15, 0.2) is 54.7 Å². The molecule has 0 spiro atoms. The van der Waals surface area contributed by atoms with Crippen LogP contribution in [0.2, 0.25) is 0 Å². The number of aromatic nitrogens is 3. The predicted molar refractivity (Wildman–Crippen MR) is 103 cm³/mol. The van der Waals surface area contributed by atoms with E-state index in [1.54, 1.807) is 7.11 Å². The normalized spacial score (nSPS) is 11.4. The molecule has 0 radical (unpaired) electrons. The molecule has 0 aliphatic rings. The van der Waals surface area contributed by atoms with E-state index in [1.165, 1.54) is 22.4 Å². The lowest BCUT2D eigenvalue weighted by Gasteiger charge is -2.09. The second-order valence-electron chi connectivity index (χ2n) is 6.25. The van der Waals surface area contributed by atoms with Crippen LogP contribution >= 0.6 is 11.5 Å². The molecule has 4 aromatic rings. The van der Waals surface area contributed by atoms with Crippen LogP contribution in [0.4, 0.5) is 0 Å². The summed E-state index contributed by atoms with van der Waals surface area (Å²) in [5, 5.41) is 2.11. The Morgan fingerprint density at radius 1 is 1.04 bits per heavy atom. The third-order valence-corrected chi connectivity index (χ3v) is 5.04. The third-order valence-electron chi connectivity index (χ3n) is 4.28. The first-order valence-electron chi connectivity index (χ1n) is 8.25. The zero-order valence-electron chi connectivity index (χ0n) is 14.4. The number of hydrogen-bond acceptors (Lipinski definition) is 4. The van der Waals surface area contributed by atoms with Crippen molar-refractivity contribution in [1.29, 1.82) is 0 Å². The van der Waals surface area contributed by atoms with E-state index in [1.807, 2.05) is 24.3 Å². The highest BCUT2D eigenvalue weighted by molar-refractivity contribution is 7.09. The molecule has 0 amide bonds. The Balaban J connectivity index is 1.71. The molecule has 2 aromatic heterocycles. The molecule has 4 rings (SSSR count). The number of ether oxygens (including phenoxy) is 1. The second-order valence-corrected chi connectivity index (χ2v) is 7.00. The summed E-state index contributed by atoms with van der Waals surface area (Å²) in [6, 6.07) is 16.9. The van der Waals surface area contributed by atoms with Crippen molar-refractivity contribution in [2.24, 2.45) is 0 Å². The number of hydrogen-bond donors (Lipinski definition) is 0. The van der Waals surface area contributed by atoms with Gasteiger partial charge in [-0.25, -0.2) is 4.98 Å². The Morgan fingerprint density at radius 3 is 2.72 bits per heavy atom. The molecule has 2 aromatic carbocycles. The van der Waals surface area contributed by atoms with Crippen molar-refractivity contribution < 1.29 is 4.74 Å². The van der Waals surface area contributed by atoms with Crippen molar-refractivity contribution in [2.45, 2.75) is 19.9 Å². The quantitative estimate of drug-likeness (QED) is 0.494. The van der Waals surface area contributed by atoms with Crippen molar-refractivity contribution in [3.05, 3.63) is 54.7 Å². The SMILES string of the molecule is COc1cccc(-c2nc(-c3ccc4c(ccn4C(C)C)c3)ns2)c1. The number of rotatable bonds is 4. The number of fused-ring (bicyclic) bond motifs is 1. The molecule has 0 aliphatic heterocycles. The summed E-state index contributed by atoms with van der Waals surface area (Å²) >= 11 is 1.41. The van der Waals surface area contributed by atoms with Crippen molar-refractivity contribution in [3.8, 4) is 27.7 Å². The summed E-state index contributed by atoms with van der Waals surface area (Å²) in [5.74, 6) is 1.59. The van der Waals surface area contributed by atoms with Gasteiger partial charge in [-0.15, -0.1) is 0 Å². The topological polar surface area (TPSA) is 39.9 Å². The highest BCUT2D eigenvalue weighted by atomic mass is 32.1. The summed E-state index contributed by atoms with van der Waals surface area (Å²) in [6.07, 6.45) is 2.13. The van der Waals surface area contributed by atoms with E-state index < -0.39 is 0 Å². The van der Waals surface area contributed by atoms with E-state index in [4.69, 9.17) is 9.72 Å². The fourth-order valence-corrected chi connectivity index (χ4v) is 3.65. The third kappa shape index (κ3) is 2.91. The standard InChI is InChI=1S/C20H19N3OS/c1-13(2)23-10-9-14-11-15(7-8-18(14)23)19-21-20(25-22-19)16-5-4-6-17(12-16)24-3/h4-13H,1-3H3. The lowest BCUT2D eigenvalue weighted by atomic mass is 10.1. The molecular formula is C20H19N3OS. The summed E-state index contributed by atoms with van der Waals surface area (Å²) in [5.41, 5.74) is 3.30. The molecule has 0 saturated carbocycles. The van der Waals surface area contributed by atoms with Gasteiger partial charge in [0, 0.05) is 34.3 Å². The van der Waals surface area contributed by atoms with Crippen molar-refractivity contribution >= 4 is 22.4 Å². The van der Waals surface area contributed by atoms with Gasteiger partial charge in [0.25, 0.3) is 0 Å². The summed E-state index contributed by atoms with van der Waals surface area (Å²) in [4.78, 5) is 4.72. The van der Waals surface area contributed by atoms with Gasteiger partial charge in [-0.3, -0.25) is 0 Å². The van der Waals surface area contributed by atoms with Crippen molar-refractivity contribution in [2.75, 3.05) is 7.11 Å². The number of methoxy groups -OCH3 is 1. The van der Waals surface area contributed by atoms with E-state index in [0.717, 1.165) is 27.7 Å². The molecule has 0 N–H and O–H groups in total. The van der Waals surface area contributed by atoms with Gasteiger partial charge in [-0.05, 0) is 61.8 Å². The Hall–Kier alpha value is -2.66. The molecule has 4 nitrogen and oxygen atoms in total. The smallest absolute Gasteiger partial charge is 0.173 e. The molecule has 2 heterocycles. The minimum absolute atomic E-state index is 0.445. The van der Waals surface area contributed by atoms with Crippen LogP contribution < -0.4 is 4.74 Å². The van der Waals surface area contributed by atoms with Gasteiger partial charge in [-0.2, -0.15) is 4.37 Å². The largest absolute Gasteiger partial charge is 0.497 e. The molecule has 0 aliphatic carbocycles. The minimum Gasteiger partial charge on any atom is -0.497 e. The molecule has 0 unspecified atom stereocenters. The van der Waals surface area contributed by atoms with Gasteiger partial charge in [-0.1, -0.05) is 12.1 Å². The van der Waals surface area contributed by atoms with Crippen LogP contribution in [0.25, 0.3) is 32.9 Å². The van der Waals surface area contributed by atoms with Gasteiger partial charge in [0.2, 0.25) is 0 Å². The first-order valence-corrected chi connectivity index (χ1v) is 9.02. The molecule has 25 heavy (non-hydrogen) atoms. The average Bonchev–Trinajstić information content (AvgIpc) is 3.28. The van der Waals surface area contributed by atoms with Gasteiger partial charge < -0.3 is 9.30 Å². The molecule has 0 saturated heterocycles. The molecule has 5 heteroatoms. The monoisotopic (exact) mass is 349 g/mol. The minimum atomic E-state index is 0.445. The zero-order chi connectivity index (χ0) is 17.4. The molecule has 0 atom stereocenters. The lowest BCUT2D eigenvalue weighted by Crippen LogP contribution is -1.97. The number of nitrogens with zero attached hydrogens (tertiary/aromatic N) is 3. The second kappa shape index (κ2) is 6.33. The van der Waals surface area contributed by atoms with Crippen LogP contribution in [0.1, 0.15) is 19.9 Å². The molecule has 0 fully saturated rings. The van der Waals surface area contributed by atoms with Crippen LogP contribution in [0.5, 0.6) is 5.75 Å². The Kier molecular flexibility index (Phi) is 4.01. The van der Waals surface area contributed by atoms with E-state index in [0.29, 0.717) is 6.04 Å². The van der Waals surface area contributed by atoms with Gasteiger partial charge >= 0.3 is 0 Å². The Morgan fingerprint density at radius 2 is 1.92 bits per heavy atom. The highest BCUT2D eigenvalue weighted by Crippen LogP contribution is 2.30. The van der Waals surface area contributed by atoms with Crippen molar-refractivity contribution in [3.63, 3.8) is 0 Å². The van der Waals surface area contributed by atoms with E-state index in [-0.39, 0.29) is 0 Å². The van der Waals surface area contributed by atoms with E-state index >= 15 is 0 Å². The maximum atomic E-state index is 5.29. The average molecular weight is 349 g/mol. The fraction of sp³-hybridized carbons (Fsp3) is 0.200. The van der Waals surface area contributed by atoms with Crippen LogP contribution in [-0.4, -0.2) is 21.0 Å². The van der Waals surface area contributed by atoms with Crippen LogP contribution in [0, 0.1) is 0 Å². The predicted octanol–water partition coefficient (Wildman–Crippen LogP) is 5.42. The summed E-state index contributed by atoms with van der Waals surface area (Å²) < 4.78 is 12.1. The Labute approximate surface area is 150 Å². The molecular weight excluding hydrogens is 330 g/mol. The summed E-state index contributed by atoms with van der Waals surface area (Å²) in [7, 11) is 1.67. The number of benzene rings is 2. The maximum absolute atomic E-state index is 5.29. The fourth-order valence-electron chi connectivity index (χ4n) is 2.97. The lowest BCUT2D eigenvalue weighted by molar-refractivity contribution is 0.415. The Bertz CT molecular complexity index is 1030. The summed E-state index contributed by atoms with van der Waals surface area (Å²) in [6.45, 7) is 4.38. The van der Waals surface area contributed by atoms with Gasteiger partial charge in [0.1, 0.15) is 10.8 Å². The van der Waals surface area contributed by atoms with Gasteiger partial charge in [0.05, 0.1) is 7.11 Å². The van der Waals surface area contributed by atoms with E-state index in [2.05, 4.69) is 53.3 Å². The van der Waals surface area contributed by atoms with Crippen molar-refractivity contribution in [1.82, 2.24) is 13.9 Å². The first kappa shape index (κ1) is 15.8. The maximum Gasteiger partial charge on any atom is 0.173 e. The molecule has 126 valence electrons.